The van der Waals surface area contributed by atoms with Gasteiger partial charge in [0.1, 0.15) is 5.75 Å². The molecule has 6 nitrogen and oxygen atoms in total. The van der Waals surface area contributed by atoms with Gasteiger partial charge in [0.05, 0.1) is 22.9 Å². The van der Waals surface area contributed by atoms with E-state index in [0.717, 1.165) is 29.7 Å². The molecule has 2 amide bonds. The second-order valence-corrected chi connectivity index (χ2v) is 8.07. The molecule has 31 heavy (non-hydrogen) atoms. The Morgan fingerprint density at radius 2 is 2.06 bits per heavy atom. The average Bonchev–Trinajstić information content (AvgIpc) is 3.39. The van der Waals surface area contributed by atoms with E-state index in [-0.39, 0.29) is 17.9 Å². The number of carbonyl (C=O) groups is 1. The first-order valence-corrected chi connectivity index (χ1v) is 10.6. The van der Waals surface area contributed by atoms with Crippen LogP contribution in [0.4, 0.5) is 23.1 Å². The number of rotatable bonds is 6. The molecule has 0 aliphatic carbocycles. The highest BCUT2D eigenvalue weighted by atomic mass is 32.1. The van der Waals surface area contributed by atoms with Gasteiger partial charge in [0.15, 0.2) is 5.13 Å². The predicted molar refractivity (Wildman–Crippen MR) is 111 cm³/mol. The SMILES string of the molecule is O=C(NCc1ccccc1)N(CC1CCCO1)c1nc2ccc(OC(F)(F)F)cc2s1. The number of alkyl halides is 3. The number of nitrogens with one attached hydrogen (secondary N) is 1. The lowest BCUT2D eigenvalue weighted by atomic mass is 10.2. The third kappa shape index (κ3) is 5.65. The fourth-order valence-electron chi connectivity index (χ4n) is 3.31. The van der Waals surface area contributed by atoms with Gasteiger partial charge in [0, 0.05) is 19.2 Å². The van der Waals surface area contributed by atoms with E-state index in [1.807, 2.05) is 30.3 Å². The molecule has 1 unspecified atom stereocenters. The summed E-state index contributed by atoms with van der Waals surface area (Å²) < 4.78 is 47.7. The topological polar surface area (TPSA) is 63.7 Å². The smallest absolute Gasteiger partial charge is 0.406 e. The normalized spacial score (nSPS) is 16.4. The molecule has 1 atom stereocenters. The van der Waals surface area contributed by atoms with Gasteiger partial charge >= 0.3 is 12.4 Å². The van der Waals surface area contributed by atoms with Crippen molar-refractivity contribution in [3.63, 3.8) is 0 Å². The van der Waals surface area contributed by atoms with Crippen molar-refractivity contribution in [2.24, 2.45) is 0 Å². The summed E-state index contributed by atoms with van der Waals surface area (Å²) in [7, 11) is 0. The summed E-state index contributed by atoms with van der Waals surface area (Å²) in [4.78, 5) is 18.9. The lowest BCUT2D eigenvalue weighted by molar-refractivity contribution is -0.274. The molecule has 0 saturated carbocycles. The second kappa shape index (κ2) is 9.11. The lowest BCUT2D eigenvalue weighted by Crippen LogP contribution is -2.43. The number of hydrogen-bond donors (Lipinski definition) is 1. The molecule has 0 spiro atoms. The molecule has 2 heterocycles. The predicted octanol–water partition coefficient (Wildman–Crippen LogP) is 5.09. The fraction of sp³-hybridized carbons (Fsp3) is 0.333. The zero-order valence-electron chi connectivity index (χ0n) is 16.4. The first-order chi connectivity index (χ1) is 14.9. The molecule has 1 aliphatic heterocycles. The number of thiazole rings is 1. The molecule has 0 radical (unpaired) electrons. The summed E-state index contributed by atoms with van der Waals surface area (Å²) in [6.45, 7) is 1.30. The van der Waals surface area contributed by atoms with Crippen molar-refractivity contribution in [2.45, 2.75) is 31.9 Å². The van der Waals surface area contributed by atoms with E-state index in [4.69, 9.17) is 4.74 Å². The summed E-state index contributed by atoms with van der Waals surface area (Å²) in [6, 6.07) is 13.1. The van der Waals surface area contributed by atoms with Crippen molar-refractivity contribution < 1.29 is 27.4 Å². The van der Waals surface area contributed by atoms with Crippen LogP contribution in [0.25, 0.3) is 10.2 Å². The van der Waals surface area contributed by atoms with Crippen molar-refractivity contribution in [2.75, 3.05) is 18.1 Å². The second-order valence-electron chi connectivity index (χ2n) is 7.06. The van der Waals surface area contributed by atoms with Gasteiger partial charge in [-0.1, -0.05) is 41.7 Å². The molecule has 1 fully saturated rings. The third-order valence-corrected chi connectivity index (χ3v) is 5.80. The van der Waals surface area contributed by atoms with Gasteiger partial charge in [-0.2, -0.15) is 0 Å². The summed E-state index contributed by atoms with van der Waals surface area (Å²) in [5.41, 5.74) is 1.44. The van der Waals surface area contributed by atoms with E-state index >= 15 is 0 Å². The van der Waals surface area contributed by atoms with Crippen molar-refractivity contribution in [1.82, 2.24) is 10.3 Å². The highest BCUT2D eigenvalue weighted by molar-refractivity contribution is 7.22. The fourth-order valence-corrected chi connectivity index (χ4v) is 4.32. The standard InChI is InChI=1S/C21H20F3N3O3S/c22-21(23,24)30-15-8-9-17-18(11-15)31-20(26-17)27(13-16-7-4-10-29-16)19(28)25-12-14-5-2-1-3-6-14/h1-3,5-6,8-9,11,16H,4,7,10,12-13H2,(H,25,28). The lowest BCUT2D eigenvalue weighted by Gasteiger charge is -2.23. The van der Waals surface area contributed by atoms with Gasteiger partial charge < -0.3 is 14.8 Å². The zero-order valence-corrected chi connectivity index (χ0v) is 17.2. The molecule has 1 N–H and O–H groups in total. The molecule has 1 aromatic heterocycles. The summed E-state index contributed by atoms with van der Waals surface area (Å²) >= 11 is 1.13. The number of hydrogen-bond acceptors (Lipinski definition) is 5. The minimum absolute atomic E-state index is 0.112. The van der Waals surface area contributed by atoms with E-state index in [1.165, 1.54) is 23.1 Å². The van der Waals surface area contributed by atoms with Gasteiger partial charge in [-0.3, -0.25) is 4.90 Å². The molecular formula is C21H20F3N3O3S. The molecule has 4 rings (SSSR count). The van der Waals surface area contributed by atoms with E-state index < -0.39 is 6.36 Å². The Balaban J connectivity index is 1.56. The van der Waals surface area contributed by atoms with E-state index in [0.29, 0.717) is 35.0 Å². The van der Waals surface area contributed by atoms with Gasteiger partial charge in [0.25, 0.3) is 0 Å². The zero-order chi connectivity index (χ0) is 21.8. The molecule has 2 aromatic carbocycles. The van der Waals surface area contributed by atoms with Crippen LogP contribution in [-0.2, 0) is 11.3 Å². The van der Waals surface area contributed by atoms with Crippen LogP contribution in [-0.4, -0.2) is 36.6 Å². The Kier molecular flexibility index (Phi) is 6.28. The third-order valence-electron chi connectivity index (χ3n) is 4.76. The monoisotopic (exact) mass is 451 g/mol. The Morgan fingerprint density at radius 3 is 2.77 bits per heavy atom. The molecule has 3 aromatic rings. The number of anilines is 1. The van der Waals surface area contributed by atoms with Crippen molar-refractivity contribution in [1.29, 1.82) is 0 Å². The van der Waals surface area contributed by atoms with Gasteiger partial charge in [0.2, 0.25) is 0 Å². The van der Waals surface area contributed by atoms with Crippen LogP contribution < -0.4 is 15.0 Å². The van der Waals surface area contributed by atoms with E-state index in [2.05, 4.69) is 15.0 Å². The molecule has 1 saturated heterocycles. The van der Waals surface area contributed by atoms with Crippen LogP contribution in [0.1, 0.15) is 18.4 Å². The first-order valence-electron chi connectivity index (χ1n) is 9.74. The largest absolute Gasteiger partial charge is 0.573 e. The highest BCUT2D eigenvalue weighted by Gasteiger charge is 2.31. The van der Waals surface area contributed by atoms with Crippen LogP contribution in [0.3, 0.4) is 0 Å². The minimum atomic E-state index is -4.77. The van der Waals surface area contributed by atoms with Gasteiger partial charge in [-0.25, -0.2) is 9.78 Å². The Hall–Kier alpha value is -2.85. The number of carbonyl (C=O) groups excluding carboxylic acids is 1. The van der Waals surface area contributed by atoms with Gasteiger partial charge in [-0.15, -0.1) is 13.2 Å². The minimum Gasteiger partial charge on any atom is -0.406 e. The van der Waals surface area contributed by atoms with Gasteiger partial charge in [-0.05, 0) is 30.5 Å². The molecule has 1 aliphatic rings. The number of benzene rings is 2. The Labute approximate surface area is 180 Å². The van der Waals surface area contributed by atoms with Crippen LogP contribution in [0.15, 0.2) is 48.5 Å². The maximum atomic E-state index is 13.0. The van der Waals surface area contributed by atoms with Crippen molar-refractivity contribution in [3.8, 4) is 5.75 Å². The molecule has 10 heteroatoms. The summed E-state index contributed by atoms with van der Waals surface area (Å²) in [5.74, 6) is -0.325. The molecule has 0 bridgehead atoms. The summed E-state index contributed by atoms with van der Waals surface area (Å²) in [6.07, 6.45) is -3.14. The first kappa shape index (κ1) is 21.4. The van der Waals surface area contributed by atoms with Crippen LogP contribution in [0, 0.1) is 0 Å². The van der Waals surface area contributed by atoms with Crippen LogP contribution in [0.2, 0.25) is 0 Å². The number of aromatic nitrogens is 1. The number of amides is 2. The maximum Gasteiger partial charge on any atom is 0.573 e. The maximum absolute atomic E-state index is 13.0. The van der Waals surface area contributed by atoms with Crippen molar-refractivity contribution in [3.05, 3.63) is 54.1 Å². The van der Waals surface area contributed by atoms with Crippen molar-refractivity contribution >= 4 is 32.7 Å². The van der Waals surface area contributed by atoms with Crippen LogP contribution >= 0.6 is 11.3 Å². The Morgan fingerprint density at radius 1 is 1.26 bits per heavy atom. The number of halogens is 3. The molecule has 164 valence electrons. The number of urea groups is 1. The van der Waals surface area contributed by atoms with Crippen LogP contribution in [0.5, 0.6) is 5.75 Å². The highest BCUT2D eigenvalue weighted by Crippen LogP contribution is 2.34. The quantitative estimate of drug-likeness (QED) is 0.567. The number of nitrogens with zero attached hydrogens (tertiary/aromatic N) is 2. The van der Waals surface area contributed by atoms with E-state index in [9.17, 15) is 18.0 Å². The number of fused-ring (bicyclic) bond motifs is 1. The van der Waals surface area contributed by atoms with E-state index in [1.54, 1.807) is 0 Å². The summed E-state index contributed by atoms with van der Waals surface area (Å²) in [5, 5.41) is 3.27. The molecular weight excluding hydrogens is 431 g/mol. The average molecular weight is 451 g/mol. The number of ether oxygens (including phenoxy) is 2. The Bertz CT molecular complexity index is 1040.